The number of aliphatic hydroxyl groups is 3. The van der Waals surface area contributed by atoms with E-state index in [-0.39, 0.29) is 79.7 Å². The lowest BCUT2D eigenvalue weighted by atomic mass is 9.71. The summed E-state index contributed by atoms with van der Waals surface area (Å²) in [5.74, 6) is -10.9. The quantitative estimate of drug-likeness (QED) is 0.108. The van der Waals surface area contributed by atoms with Crippen molar-refractivity contribution in [1.82, 2.24) is 0 Å². The molecule has 0 amide bonds. The Morgan fingerprint density at radius 2 is 1.05 bits per heavy atom. The molecule has 0 saturated carbocycles. The van der Waals surface area contributed by atoms with Gasteiger partial charge in [0.25, 0.3) is 0 Å². The lowest BCUT2D eigenvalue weighted by Crippen LogP contribution is -2.57. The van der Waals surface area contributed by atoms with Crippen LogP contribution in [-0.4, -0.2) is 84.7 Å². The number of ether oxygens (including phenoxy) is 4. The van der Waals surface area contributed by atoms with E-state index in [0.29, 0.717) is 0 Å². The molecule has 8 unspecified atom stereocenters. The van der Waals surface area contributed by atoms with Crippen molar-refractivity contribution >= 4 is 0 Å². The molecule has 13 N–H and O–H groups in total. The maximum atomic E-state index is 12.5. The van der Waals surface area contributed by atoms with Crippen LogP contribution in [0.25, 0.3) is 0 Å². The zero-order chi connectivity index (χ0) is 43.7. The fourth-order valence-corrected chi connectivity index (χ4v) is 9.27. The van der Waals surface area contributed by atoms with Gasteiger partial charge in [-0.05, 0) is 53.6 Å². The Morgan fingerprint density at radius 1 is 0.452 bits per heavy atom. The number of fused-ring (bicyclic) bond motifs is 9. The minimum atomic E-state index is -2.28. The first-order chi connectivity index (χ1) is 29.6. The molecular formula is C45H36O17. The lowest BCUT2D eigenvalue weighted by molar-refractivity contribution is -0.219. The second-order valence-electron chi connectivity index (χ2n) is 15.7. The van der Waals surface area contributed by atoms with Crippen molar-refractivity contribution in [2.75, 3.05) is 0 Å². The number of aromatic hydroxyl groups is 10. The van der Waals surface area contributed by atoms with Crippen LogP contribution >= 0.6 is 0 Å². The van der Waals surface area contributed by atoms with E-state index in [1.54, 1.807) is 0 Å². The van der Waals surface area contributed by atoms with Crippen LogP contribution in [0.4, 0.5) is 0 Å². The van der Waals surface area contributed by atoms with Gasteiger partial charge in [0.1, 0.15) is 75.8 Å². The van der Waals surface area contributed by atoms with E-state index in [1.807, 2.05) is 0 Å². The highest BCUT2D eigenvalue weighted by molar-refractivity contribution is 5.72. The van der Waals surface area contributed by atoms with Crippen molar-refractivity contribution < 1.29 is 85.3 Å². The SMILES string of the molecule is Oc1ccc(C2Oc3c(c(O)cc4c3C3c5c(O)cc(O)cc5OC(c5ccc(O)c(O)c5)(O4)C3O)C(c3c(O)cc(O)c4c3OC(c3ccc(O)c(O)c3)C(O)C4)C2O)cc1. The number of hydrogen-bond acceptors (Lipinski definition) is 17. The summed E-state index contributed by atoms with van der Waals surface area (Å²) >= 11 is 0. The summed E-state index contributed by atoms with van der Waals surface area (Å²) in [7, 11) is 0. The molecule has 6 aromatic carbocycles. The normalized spacial score (nSPS) is 25.4. The van der Waals surface area contributed by atoms with Gasteiger partial charge in [-0.25, -0.2) is 0 Å². The molecule has 0 aromatic heterocycles. The summed E-state index contributed by atoms with van der Waals surface area (Å²) in [6.45, 7) is 0. The predicted octanol–water partition coefficient (Wildman–Crippen LogP) is 4.54. The Balaban J connectivity index is 1.24. The first-order valence-electron chi connectivity index (χ1n) is 19.2. The van der Waals surface area contributed by atoms with Crippen LogP contribution in [0.5, 0.6) is 80.5 Å². The van der Waals surface area contributed by atoms with Crippen LogP contribution in [0.3, 0.4) is 0 Å². The molecule has 0 aliphatic carbocycles. The standard InChI is InChI=1S/C45H36O17/c46-19-5-1-16(2-6-19)41-39(57)37(34-28(54)14-24(50)21-13-30(56)40(59-42(21)34)17-3-7-22(48)25(51)9-17)35-29(55)15-32-36(43(35)60-41)38-33-27(53)11-20(47)12-31(33)61-45(62-32,44(38)58)18-4-8-23(49)26(52)10-18/h1-12,14-15,30,37-41,44,46-58H,13H2. The monoisotopic (exact) mass is 848 g/mol. The van der Waals surface area contributed by atoms with Gasteiger partial charge in [0, 0.05) is 64.1 Å². The highest BCUT2D eigenvalue weighted by atomic mass is 16.7. The van der Waals surface area contributed by atoms with Crippen LogP contribution in [0.15, 0.2) is 84.9 Å². The van der Waals surface area contributed by atoms with Crippen molar-refractivity contribution in [2.45, 2.75) is 54.6 Å². The molecule has 4 aliphatic heterocycles. The Morgan fingerprint density at radius 3 is 1.74 bits per heavy atom. The largest absolute Gasteiger partial charge is 0.508 e. The Labute approximate surface area is 349 Å². The summed E-state index contributed by atoms with van der Waals surface area (Å²) in [6, 6.07) is 17.1. The Bertz CT molecular complexity index is 2840. The van der Waals surface area contributed by atoms with E-state index in [0.717, 1.165) is 36.4 Å². The van der Waals surface area contributed by atoms with Crippen molar-refractivity contribution in [1.29, 1.82) is 0 Å². The summed E-state index contributed by atoms with van der Waals surface area (Å²) < 4.78 is 25.8. The van der Waals surface area contributed by atoms with Crippen LogP contribution < -0.4 is 18.9 Å². The molecule has 10 rings (SSSR count). The molecule has 17 heteroatoms. The highest BCUT2D eigenvalue weighted by Gasteiger charge is 2.61. The molecular weight excluding hydrogens is 812 g/mol. The van der Waals surface area contributed by atoms with E-state index in [4.69, 9.17) is 18.9 Å². The third-order valence-electron chi connectivity index (χ3n) is 12.1. The van der Waals surface area contributed by atoms with E-state index in [1.165, 1.54) is 48.5 Å². The van der Waals surface area contributed by atoms with E-state index >= 15 is 0 Å². The first kappa shape index (κ1) is 38.6. The van der Waals surface area contributed by atoms with Gasteiger partial charge in [-0.15, -0.1) is 0 Å². The van der Waals surface area contributed by atoms with Crippen molar-refractivity contribution in [2.24, 2.45) is 0 Å². The van der Waals surface area contributed by atoms with Crippen molar-refractivity contribution in [3.05, 3.63) is 129 Å². The molecule has 8 atom stereocenters. The minimum Gasteiger partial charge on any atom is -0.508 e. The summed E-state index contributed by atoms with van der Waals surface area (Å²) in [5, 5.41) is 145. The van der Waals surface area contributed by atoms with E-state index < -0.39 is 99.9 Å². The molecule has 318 valence electrons. The van der Waals surface area contributed by atoms with Gasteiger partial charge < -0.3 is 85.3 Å². The highest BCUT2D eigenvalue weighted by Crippen LogP contribution is 2.65. The van der Waals surface area contributed by atoms with Gasteiger partial charge >= 0.3 is 5.79 Å². The number of benzene rings is 6. The maximum absolute atomic E-state index is 12.5. The van der Waals surface area contributed by atoms with Gasteiger partial charge in [-0.2, -0.15) is 0 Å². The molecule has 17 nitrogen and oxygen atoms in total. The van der Waals surface area contributed by atoms with Crippen molar-refractivity contribution in [3.63, 3.8) is 0 Å². The molecule has 6 aromatic rings. The summed E-state index contributed by atoms with van der Waals surface area (Å²) in [5.41, 5.74) is -0.0338. The van der Waals surface area contributed by atoms with Gasteiger partial charge in [0.2, 0.25) is 0 Å². The fraction of sp³-hybridized carbons (Fsp3) is 0.200. The molecule has 0 saturated heterocycles. The third kappa shape index (κ3) is 5.52. The zero-order valence-electron chi connectivity index (χ0n) is 31.8. The number of hydrogen-bond donors (Lipinski definition) is 13. The zero-order valence-corrected chi connectivity index (χ0v) is 31.8. The molecule has 4 aliphatic rings. The first-order valence-corrected chi connectivity index (χ1v) is 19.2. The second-order valence-corrected chi connectivity index (χ2v) is 15.7. The number of aliphatic hydroxyl groups excluding tert-OH is 3. The molecule has 4 heterocycles. The molecule has 62 heavy (non-hydrogen) atoms. The smallest absolute Gasteiger partial charge is 0.305 e. The molecule has 0 fully saturated rings. The van der Waals surface area contributed by atoms with E-state index in [9.17, 15) is 66.4 Å². The van der Waals surface area contributed by atoms with E-state index in [2.05, 4.69) is 0 Å². The second kappa shape index (κ2) is 13.5. The number of phenolic OH excluding ortho intramolecular Hbond substituents is 10. The number of phenols is 10. The maximum Gasteiger partial charge on any atom is 0.305 e. The average Bonchev–Trinajstić information content (AvgIpc) is 3.21. The van der Waals surface area contributed by atoms with Gasteiger partial charge in [0.15, 0.2) is 29.1 Å². The summed E-state index contributed by atoms with van der Waals surface area (Å²) in [4.78, 5) is 0. The molecule has 0 spiro atoms. The Hall–Kier alpha value is -7.60. The predicted molar refractivity (Wildman–Crippen MR) is 210 cm³/mol. The topological polar surface area (TPSA) is 300 Å². The summed E-state index contributed by atoms with van der Waals surface area (Å²) in [6.07, 6.45) is -7.87. The Kier molecular flexibility index (Phi) is 8.37. The fourth-order valence-electron chi connectivity index (χ4n) is 9.27. The van der Waals surface area contributed by atoms with Crippen LogP contribution in [0.2, 0.25) is 0 Å². The number of rotatable bonds is 4. The average molecular weight is 849 g/mol. The molecule has 2 bridgehead atoms. The third-order valence-corrected chi connectivity index (χ3v) is 12.1. The van der Waals surface area contributed by atoms with Crippen molar-refractivity contribution in [3.8, 4) is 80.5 Å². The van der Waals surface area contributed by atoms with Crippen LogP contribution in [0, 0.1) is 0 Å². The van der Waals surface area contributed by atoms with Gasteiger partial charge in [0.05, 0.1) is 17.9 Å². The lowest BCUT2D eigenvalue weighted by Gasteiger charge is -2.51. The van der Waals surface area contributed by atoms with Gasteiger partial charge in [-0.3, -0.25) is 0 Å². The van der Waals surface area contributed by atoms with Crippen LogP contribution in [0.1, 0.15) is 68.6 Å². The van der Waals surface area contributed by atoms with Gasteiger partial charge in [-0.1, -0.05) is 18.2 Å². The minimum absolute atomic E-state index is 0.00667. The van der Waals surface area contributed by atoms with Crippen LogP contribution in [-0.2, 0) is 12.2 Å². The molecule has 0 radical (unpaired) electrons.